The first-order chi connectivity index (χ1) is 12.5. The number of nitrogens with one attached hydrogen (secondary N) is 3. The van der Waals surface area contributed by atoms with Crippen molar-refractivity contribution >= 4 is 51.0 Å². The lowest BCUT2D eigenvalue weighted by atomic mass is 9.92. The first-order valence-corrected chi connectivity index (χ1v) is 9.89. The van der Waals surface area contributed by atoms with Gasteiger partial charge in [-0.25, -0.2) is 4.98 Å². The normalized spacial score (nSPS) is 15.9. The first kappa shape index (κ1) is 18.7. The van der Waals surface area contributed by atoms with Crippen LogP contribution in [0.1, 0.15) is 31.2 Å². The van der Waals surface area contributed by atoms with Crippen LogP contribution in [0.4, 0.5) is 11.5 Å². The smallest absolute Gasteiger partial charge is 0.257 e. The van der Waals surface area contributed by atoms with Gasteiger partial charge >= 0.3 is 0 Å². The minimum atomic E-state index is -0.890. The van der Waals surface area contributed by atoms with Gasteiger partial charge in [-0.2, -0.15) is 0 Å². The van der Waals surface area contributed by atoms with Crippen molar-refractivity contribution < 1.29 is 9.59 Å². The summed E-state index contributed by atoms with van der Waals surface area (Å²) < 4.78 is 0.814. The van der Waals surface area contributed by atoms with Gasteiger partial charge in [-0.05, 0) is 24.6 Å². The molecule has 3 N–H and O–H groups in total. The fourth-order valence-corrected chi connectivity index (χ4v) is 3.75. The predicted molar refractivity (Wildman–Crippen MR) is 105 cm³/mol. The number of amides is 2. The zero-order chi connectivity index (χ0) is 18.7. The Kier molecular flexibility index (Phi) is 5.77. The van der Waals surface area contributed by atoms with E-state index in [4.69, 9.17) is 0 Å². The summed E-state index contributed by atoms with van der Waals surface area (Å²) in [5.41, 5.74) is 0.373. The van der Waals surface area contributed by atoms with Crippen molar-refractivity contribution in [1.29, 1.82) is 0 Å². The predicted octanol–water partition coefficient (Wildman–Crippen LogP) is 3.10. The zero-order valence-electron chi connectivity index (χ0n) is 14.0. The summed E-state index contributed by atoms with van der Waals surface area (Å²) in [7, 11) is 0. The van der Waals surface area contributed by atoms with E-state index in [9.17, 15) is 14.4 Å². The number of nitrogens with zero attached hydrogens (tertiary/aromatic N) is 1. The number of benzene rings is 1. The molecule has 0 bridgehead atoms. The third kappa shape index (κ3) is 4.16. The van der Waals surface area contributed by atoms with Crippen molar-refractivity contribution in [3.63, 3.8) is 0 Å². The van der Waals surface area contributed by atoms with E-state index in [0.717, 1.165) is 16.6 Å². The molecule has 3 rings (SSSR count). The highest BCUT2D eigenvalue weighted by molar-refractivity contribution is 9.10. The Bertz CT molecular complexity index is 915. The first-order valence-electron chi connectivity index (χ1n) is 8.11. The van der Waals surface area contributed by atoms with Gasteiger partial charge in [0.25, 0.3) is 5.56 Å². The van der Waals surface area contributed by atoms with Crippen molar-refractivity contribution in [3.05, 3.63) is 44.7 Å². The number of H-pyrrole nitrogens is 1. The van der Waals surface area contributed by atoms with Gasteiger partial charge in [0.15, 0.2) is 5.16 Å². The maximum Gasteiger partial charge on any atom is 0.257 e. The monoisotopic (exact) mass is 436 g/mol. The summed E-state index contributed by atoms with van der Waals surface area (Å²) in [5, 5.41) is 5.79. The standard InChI is InChI=1S/C17H17BrN4O3S/c1-2-6-26-17-21-14-13(16(25)22-17)11(8-12(23)20-14)15(24)19-10-5-3-4-9(18)7-10/h3-5,7,11H,2,6,8H2,1H3,(H,19,24)(H2,20,21,22,23,25). The lowest BCUT2D eigenvalue weighted by molar-refractivity contribution is -0.123. The molecule has 2 amide bonds. The Hall–Kier alpha value is -2.13. The molecular formula is C17H17BrN4O3S. The average molecular weight is 437 g/mol. The average Bonchev–Trinajstić information content (AvgIpc) is 2.58. The molecule has 1 aliphatic heterocycles. The second kappa shape index (κ2) is 8.05. The van der Waals surface area contributed by atoms with Gasteiger partial charge in [-0.15, -0.1) is 0 Å². The highest BCUT2D eigenvalue weighted by Gasteiger charge is 2.34. The van der Waals surface area contributed by atoms with Crippen LogP contribution in [0, 0.1) is 0 Å². The topological polar surface area (TPSA) is 104 Å². The lowest BCUT2D eigenvalue weighted by Gasteiger charge is -2.23. The molecule has 2 aromatic rings. The van der Waals surface area contributed by atoms with Crippen LogP contribution in [-0.2, 0) is 9.59 Å². The number of aromatic amines is 1. The Balaban J connectivity index is 1.91. The van der Waals surface area contributed by atoms with Crippen LogP contribution in [0.25, 0.3) is 0 Å². The number of carbonyl (C=O) groups is 2. The van der Waals surface area contributed by atoms with Crippen molar-refractivity contribution in [2.75, 3.05) is 16.4 Å². The van der Waals surface area contributed by atoms with Crippen LogP contribution >= 0.6 is 27.7 Å². The Morgan fingerprint density at radius 1 is 1.42 bits per heavy atom. The summed E-state index contributed by atoms with van der Waals surface area (Å²) in [6, 6.07) is 7.10. The molecule has 1 aliphatic rings. The summed E-state index contributed by atoms with van der Waals surface area (Å²) in [5.74, 6) is -0.684. The van der Waals surface area contributed by atoms with E-state index in [1.165, 1.54) is 11.8 Å². The van der Waals surface area contributed by atoms with Gasteiger partial charge in [0, 0.05) is 22.3 Å². The number of aromatic nitrogens is 2. The molecule has 1 aromatic heterocycles. The Morgan fingerprint density at radius 2 is 2.23 bits per heavy atom. The van der Waals surface area contributed by atoms with Gasteiger partial charge in [0.1, 0.15) is 5.82 Å². The summed E-state index contributed by atoms with van der Waals surface area (Å²) >= 11 is 4.74. The van der Waals surface area contributed by atoms with Gasteiger partial charge in [0.05, 0.1) is 11.5 Å². The molecule has 0 radical (unpaired) electrons. The number of rotatable bonds is 5. The molecule has 0 fully saturated rings. The quantitative estimate of drug-likeness (QED) is 0.493. The molecule has 1 unspecified atom stereocenters. The van der Waals surface area contributed by atoms with Crippen molar-refractivity contribution in [1.82, 2.24) is 9.97 Å². The molecule has 2 heterocycles. The number of fused-ring (bicyclic) bond motifs is 1. The van der Waals surface area contributed by atoms with Gasteiger partial charge in [0.2, 0.25) is 11.8 Å². The zero-order valence-corrected chi connectivity index (χ0v) is 16.4. The summed E-state index contributed by atoms with van der Waals surface area (Å²) in [6.07, 6.45) is 0.828. The van der Waals surface area contributed by atoms with Crippen LogP contribution in [-0.4, -0.2) is 27.5 Å². The highest BCUT2D eigenvalue weighted by Crippen LogP contribution is 2.30. The minimum Gasteiger partial charge on any atom is -0.326 e. The third-order valence-corrected chi connectivity index (χ3v) is 5.35. The Labute approximate surface area is 162 Å². The van der Waals surface area contributed by atoms with Crippen LogP contribution in [0.15, 0.2) is 38.7 Å². The molecule has 9 heteroatoms. The molecule has 0 saturated carbocycles. The van der Waals surface area contributed by atoms with E-state index in [1.54, 1.807) is 18.2 Å². The molecule has 1 atom stereocenters. The fourth-order valence-electron chi connectivity index (χ4n) is 2.64. The van der Waals surface area contributed by atoms with E-state index in [-0.39, 0.29) is 23.7 Å². The van der Waals surface area contributed by atoms with E-state index in [0.29, 0.717) is 10.8 Å². The van der Waals surface area contributed by atoms with E-state index < -0.39 is 17.4 Å². The van der Waals surface area contributed by atoms with E-state index in [1.807, 2.05) is 13.0 Å². The number of hydrogen-bond donors (Lipinski definition) is 3. The summed E-state index contributed by atoms with van der Waals surface area (Å²) in [6.45, 7) is 2.02. The second-order valence-electron chi connectivity index (χ2n) is 5.79. The molecule has 1 aromatic carbocycles. The molecule has 26 heavy (non-hydrogen) atoms. The number of anilines is 2. The van der Waals surface area contributed by atoms with Crippen molar-refractivity contribution in [2.45, 2.75) is 30.8 Å². The Morgan fingerprint density at radius 3 is 2.96 bits per heavy atom. The van der Waals surface area contributed by atoms with Gasteiger partial charge in [-0.3, -0.25) is 14.4 Å². The molecular weight excluding hydrogens is 420 g/mol. The van der Waals surface area contributed by atoms with Crippen LogP contribution < -0.4 is 16.2 Å². The van der Waals surface area contributed by atoms with E-state index in [2.05, 4.69) is 36.5 Å². The molecule has 0 aliphatic carbocycles. The highest BCUT2D eigenvalue weighted by atomic mass is 79.9. The number of thioether (sulfide) groups is 1. The molecule has 0 saturated heterocycles. The second-order valence-corrected chi connectivity index (χ2v) is 7.79. The maximum absolute atomic E-state index is 12.7. The number of hydrogen-bond acceptors (Lipinski definition) is 5. The van der Waals surface area contributed by atoms with E-state index >= 15 is 0 Å². The maximum atomic E-state index is 12.7. The third-order valence-electron chi connectivity index (χ3n) is 3.78. The fraction of sp³-hybridized carbons (Fsp3) is 0.294. The van der Waals surface area contributed by atoms with Crippen molar-refractivity contribution in [2.24, 2.45) is 0 Å². The number of carbonyl (C=O) groups excluding carboxylic acids is 2. The SMILES string of the molecule is CCCSc1nc2c(c(=O)[nH]1)C(C(=O)Nc1cccc(Br)c1)CC(=O)N2. The largest absolute Gasteiger partial charge is 0.326 e. The van der Waals surface area contributed by atoms with Gasteiger partial charge in [-0.1, -0.05) is 40.7 Å². The summed E-state index contributed by atoms with van der Waals surface area (Å²) in [4.78, 5) is 44.3. The lowest BCUT2D eigenvalue weighted by Crippen LogP contribution is -2.36. The van der Waals surface area contributed by atoms with Crippen LogP contribution in [0.5, 0.6) is 0 Å². The minimum absolute atomic E-state index is 0.0982. The number of halogens is 1. The molecule has 0 spiro atoms. The molecule has 136 valence electrons. The van der Waals surface area contributed by atoms with Crippen LogP contribution in [0.2, 0.25) is 0 Å². The van der Waals surface area contributed by atoms with Crippen molar-refractivity contribution in [3.8, 4) is 0 Å². The van der Waals surface area contributed by atoms with Crippen LogP contribution in [0.3, 0.4) is 0 Å². The molecule has 7 nitrogen and oxygen atoms in total. The van der Waals surface area contributed by atoms with Gasteiger partial charge < -0.3 is 15.6 Å².